The fourth-order valence-corrected chi connectivity index (χ4v) is 4.62. The first-order valence-electron chi connectivity index (χ1n) is 9.29. The van der Waals surface area contributed by atoms with Crippen molar-refractivity contribution in [3.63, 3.8) is 0 Å². The van der Waals surface area contributed by atoms with E-state index in [2.05, 4.69) is 15.6 Å². The first-order valence-corrected chi connectivity index (χ1v) is 10.2. The normalized spacial score (nSPS) is 22.7. The maximum atomic E-state index is 12.4. The lowest BCUT2D eigenvalue weighted by molar-refractivity contribution is 0.0951. The molecule has 2 fully saturated rings. The molecule has 0 radical (unpaired) electrons. The van der Waals surface area contributed by atoms with Crippen LogP contribution in [0.25, 0.3) is 0 Å². The smallest absolute Gasteiger partial charge is 0.251 e. The average molecular weight is 356 g/mol. The van der Waals surface area contributed by atoms with Crippen LogP contribution in [0.5, 0.6) is 0 Å². The van der Waals surface area contributed by atoms with Gasteiger partial charge in [-0.25, -0.2) is 0 Å². The number of benzene rings is 1. The van der Waals surface area contributed by atoms with E-state index < -0.39 is 0 Å². The number of carbonyl (C=O) groups is 1. The highest BCUT2D eigenvalue weighted by Crippen LogP contribution is 2.49. The average Bonchev–Trinajstić information content (AvgIpc) is 3.06. The second-order valence-electron chi connectivity index (χ2n) is 7.32. The first kappa shape index (κ1) is 16.6. The van der Waals surface area contributed by atoms with Gasteiger partial charge in [-0.15, -0.1) is 11.3 Å². The number of nitrogens with zero attached hydrogens (tertiary/aromatic N) is 1. The van der Waals surface area contributed by atoms with Crippen molar-refractivity contribution in [1.29, 1.82) is 0 Å². The molecule has 0 aliphatic heterocycles. The van der Waals surface area contributed by atoms with Gasteiger partial charge >= 0.3 is 0 Å². The Balaban J connectivity index is 1.26. The van der Waals surface area contributed by atoms with Crippen LogP contribution in [0, 0.1) is 17.8 Å². The summed E-state index contributed by atoms with van der Waals surface area (Å²) >= 11 is 1.63. The van der Waals surface area contributed by atoms with Gasteiger partial charge in [0.15, 0.2) is 0 Å². The van der Waals surface area contributed by atoms with Crippen molar-refractivity contribution >= 4 is 22.9 Å². The molecule has 2 unspecified atom stereocenters. The Hall–Kier alpha value is -1.88. The van der Waals surface area contributed by atoms with Crippen LogP contribution in [0.15, 0.2) is 36.0 Å². The molecular weight excluding hydrogens is 330 g/mol. The van der Waals surface area contributed by atoms with E-state index in [1.165, 1.54) is 37.0 Å². The molecule has 5 heteroatoms. The van der Waals surface area contributed by atoms with Crippen molar-refractivity contribution in [1.82, 2.24) is 10.3 Å². The number of nitrogens with one attached hydrogen (secondary N) is 2. The molecule has 1 aromatic carbocycles. The monoisotopic (exact) mass is 355 g/mol. The number of anilines is 1. The zero-order chi connectivity index (χ0) is 17.1. The lowest BCUT2D eigenvalue weighted by atomic mass is 10.0. The molecule has 0 saturated heterocycles. The van der Waals surface area contributed by atoms with Gasteiger partial charge in [-0.1, -0.05) is 31.7 Å². The molecule has 2 aromatic rings. The third-order valence-corrected chi connectivity index (χ3v) is 6.36. The largest absolute Gasteiger partial charge is 0.380 e. The molecule has 1 amide bonds. The van der Waals surface area contributed by atoms with Gasteiger partial charge in [0.25, 0.3) is 5.91 Å². The second kappa shape index (κ2) is 7.56. The lowest BCUT2D eigenvalue weighted by Crippen LogP contribution is -2.26. The maximum absolute atomic E-state index is 12.4. The molecule has 1 heterocycles. The quantitative estimate of drug-likeness (QED) is 0.778. The Kier molecular flexibility index (Phi) is 5.02. The van der Waals surface area contributed by atoms with Crippen molar-refractivity contribution in [2.45, 2.75) is 38.6 Å². The van der Waals surface area contributed by atoms with Gasteiger partial charge in [-0.05, 0) is 42.4 Å². The van der Waals surface area contributed by atoms with Crippen molar-refractivity contribution < 1.29 is 4.79 Å². The fourth-order valence-electron chi connectivity index (χ4n) is 4.08. The minimum absolute atomic E-state index is 0.0403. The summed E-state index contributed by atoms with van der Waals surface area (Å²) in [6.45, 7) is 1.57. The van der Waals surface area contributed by atoms with Crippen LogP contribution in [-0.4, -0.2) is 17.4 Å². The zero-order valence-corrected chi connectivity index (χ0v) is 15.2. The standard InChI is InChI=1S/C20H25N3OS/c24-20(23-10-16-9-19(16)14-4-1-2-5-14)15-6-3-7-17(8-15)22-12-18-11-21-13-25-18/h3,6-8,11,13-14,16,19,22H,1-2,4-5,9-10,12H2,(H,23,24). The van der Waals surface area contributed by atoms with E-state index in [1.807, 2.05) is 36.0 Å². The number of thiazole rings is 1. The Bertz CT molecular complexity index is 709. The van der Waals surface area contributed by atoms with Gasteiger partial charge in [0, 0.05) is 28.9 Å². The van der Waals surface area contributed by atoms with Gasteiger partial charge < -0.3 is 10.6 Å². The molecule has 2 atom stereocenters. The van der Waals surface area contributed by atoms with Crippen LogP contribution >= 0.6 is 11.3 Å². The van der Waals surface area contributed by atoms with E-state index in [0.717, 1.165) is 36.2 Å². The molecule has 2 aliphatic rings. The highest BCUT2D eigenvalue weighted by atomic mass is 32.1. The minimum atomic E-state index is 0.0403. The first-order chi connectivity index (χ1) is 12.3. The van der Waals surface area contributed by atoms with Gasteiger partial charge in [0.05, 0.1) is 12.1 Å². The summed E-state index contributed by atoms with van der Waals surface area (Å²) in [5.74, 6) is 2.55. The van der Waals surface area contributed by atoms with Crippen LogP contribution in [0.3, 0.4) is 0 Å². The van der Waals surface area contributed by atoms with Crippen LogP contribution < -0.4 is 10.6 Å². The number of hydrogen-bond acceptors (Lipinski definition) is 4. The molecule has 2 aliphatic carbocycles. The van der Waals surface area contributed by atoms with Crippen LogP contribution in [0.2, 0.25) is 0 Å². The van der Waals surface area contributed by atoms with E-state index >= 15 is 0 Å². The van der Waals surface area contributed by atoms with Crippen molar-refractivity contribution in [2.24, 2.45) is 17.8 Å². The number of amides is 1. The third-order valence-electron chi connectivity index (χ3n) is 5.58. The van der Waals surface area contributed by atoms with E-state index in [4.69, 9.17) is 0 Å². The van der Waals surface area contributed by atoms with E-state index in [1.54, 1.807) is 11.3 Å². The van der Waals surface area contributed by atoms with Gasteiger partial charge in [-0.2, -0.15) is 0 Å². The van der Waals surface area contributed by atoms with Crippen LogP contribution in [-0.2, 0) is 6.54 Å². The third kappa shape index (κ3) is 4.21. The Morgan fingerprint density at radius 2 is 2.16 bits per heavy atom. The summed E-state index contributed by atoms with van der Waals surface area (Å²) in [7, 11) is 0. The van der Waals surface area contributed by atoms with Crippen molar-refractivity contribution in [3.05, 3.63) is 46.4 Å². The molecule has 25 heavy (non-hydrogen) atoms. The molecule has 2 N–H and O–H groups in total. The lowest BCUT2D eigenvalue weighted by Gasteiger charge is -2.10. The highest BCUT2D eigenvalue weighted by Gasteiger charge is 2.43. The number of carbonyl (C=O) groups excluding carboxylic acids is 1. The van der Waals surface area contributed by atoms with E-state index in [9.17, 15) is 4.79 Å². The zero-order valence-electron chi connectivity index (χ0n) is 14.4. The summed E-state index contributed by atoms with van der Waals surface area (Å²) in [6, 6.07) is 7.74. The topological polar surface area (TPSA) is 54.0 Å². The predicted octanol–water partition coefficient (Wildman–Crippen LogP) is 4.31. The SMILES string of the molecule is O=C(NCC1CC1C1CCCC1)c1cccc(NCc2cncs2)c1. The summed E-state index contributed by atoms with van der Waals surface area (Å²) in [4.78, 5) is 17.7. The molecule has 1 aromatic heterocycles. The molecule has 4 rings (SSSR count). The Morgan fingerprint density at radius 1 is 1.28 bits per heavy atom. The molecule has 0 spiro atoms. The van der Waals surface area contributed by atoms with Crippen molar-refractivity contribution in [2.75, 3.05) is 11.9 Å². The second-order valence-corrected chi connectivity index (χ2v) is 8.29. The summed E-state index contributed by atoms with van der Waals surface area (Å²) < 4.78 is 0. The fraction of sp³-hybridized carbons (Fsp3) is 0.500. The number of aromatic nitrogens is 1. The predicted molar refractivity (Wildman–Crippen MR) is 102 cm³/mol. The summed E-state index contributed by atoms with van der Waals surface area (Å²) in [5.41, 5.74) is 3.53. The highest BCUT2D eigenvalue weighted by molar-refractivity contribution is 7.09. The Labute approximate surface area is 153 Å². The summed E-state index contributed by atoms with van der Waals surface area (Å²) in [5, 5.41) is 6.49. The molecule has 0 bridgehead atoms. The minimum Gasteiger partial charge on any atom is -0.380 e. The van der Waals surface area contributed by atoms with Crippen LogP contribution in [0.4, 0.5) is 5.69 Å². The number of hydrogen-bond donors (Lipinski definition) is 2. The number of rotatable bonds is 7. The molecule has 2 saturated carbocycles. The summed E-state index contributed by atoms with van der Waals surface area (Å²) in [6.07, 6.45) is 8.79. The van der Waals surface area contributed by atoms with E-state index in [-0.39, 0.29) is 5.91 Å². The molecule has 4 nitrogen and oxygen atoms in total. The van der Waals surface area contributed by atoms with E-state index in [0.29, 0.717) is 5.92 Å². The Morgan fingerprint density at radius 3 is 2.96 bits per heavy atom. The maximum Gasteiger partial charge on any atom is 0.251 e. The van der Waals surface area contributed by atoms with Crippen LogP contribution in [0.1, 0.15) is 47.3 Å². The molecular formula is C20H25N3OS. The van der Waals surface area contributed by atoms with Gasteiger partial charge in [0.2, 0.25) is 0 Å². The van der Waals surface area contributed by atoms with Gasteiger partial charge in [0.1, 0.15) is 0 Å². The molecule has 132 valence electrons. The van der Waals surface area contributed by atoms with Gasteiger partial charge in [-0.3, -0.25) is 9.78 Å². The van der Waals surface area contributed by atoms with Crippen molar-refractivity contribution in [3.8, 4) is 0 Å².